The van der Waals surface area contributed by atoms with E-state index in [-0.39, 0.29) is 5.91 Å². The standard InChI is InChI=1S/C16H25N3O/c1-3-13-6-8-19(11-13)9-7-16(20)18-15-10-14(17)5-4-12(15)2/h4-5,10,13H,3,6-9,11,17H2,1-2H3,(H,18,20). The smallest absolute Gasteiger partial charge is 0.225 e. The Morgan fingerprint density at radius 3 is 3.00 bits per heavy atom. The van der Waals surface area contributed by atoms with E-state index in [0.717, 1.165) is 36.8 Å². The number of amides is 1. The van der Waals surface area contributed by atoms with Crippen molar-refractivity contribution in [3.63, 3.8) is 0 Å². The van der Waals surface area contributed by atoms with Crippen molar-refractivity contribution in [2.45, 2.75) is 33.1 Å². The van der Waals surface area contributed by atoms with E-state index in [9.17, 15) is 4.79 Å². The molecule has 0 spiro atoms. The van der Waals surface area contributed by atoms with E-state index >= 15 is 0 Å². The maximum absolute atomic E-state index is 12.0. The molecule has 1 aromatic rings. The van der Waals surface area contributed by atoms with Crippen molar-refractivity contribution in [1.29, 1.82) is 0 Å². The van der Waals surface area contributed by atoms with Crippen molar-refractivity contribution in [3.05, 3.63) is 23.8 Å². The van der Waals surface area contributed by atoms with E-state index in [4.69, 9.17) is 5.73 Å². The molecule has 0 saturated carbocycles. The van der Waals surface area contributed by atoms with Gasteiger partial charge in [0.15, 0.2) is 0 Å². The van der Waals surface area contributed by atoms with E-state index in [1.54, 1.807) is 0 Å². The molecule has 1 unspecified atom stereocenters. The third kappa shape index (κ3) is 3.97. The fourth-order valence-electron chi connectivity index (χ4n) is 2.70. The minimum Gasteiger partial charge on any atom is -0.399 e. The second kappa shape index (κ2) is 6.75. The zero-order valence-corrected chi connectivity index (χ0v) is 12.5. The first-order valence-electron chi connectivity index (χ1n) is 7.46. The molecule has 0 aliphatic carbocycles. The van der Waals surface area contributed by atoms with Crippen molar-refractivity contribution >= 4 is 17.3 Å². The Labute approximate surface area is 121 Å². The molecule has 0 radical (unpaired) electrons. The summed E-state index contributed by atoms with van der Waals surface area (Å²) in [7, 11) is 0. The molecule has 4 heteroatoms. The zero-order valence-electron chi connectivity index (χ0n) is 12.5. The molecule has 1 aliphatic heterocycles. The Morgan fingerprint density at radius 1 is 1.50 bits per heavy atom. The lowest BCUT2D eigenvalue weighted by Crippen LogP contribution is -2.26. The number of nitrogens with two attached hydrogens (primary N) is 1. The molecule has 1 fully saturated rings. The SMILES string of the molecule is CCC1CCN(CCC(=O)Nc2cc(N)ccc2C)C1. The van der Waals surface area contributed by atoms with Crippen LogP contribution in [-0.2, 0) is 4.79 Å². The average molecular weight is 275 g/mol. The van der Waals surface area contributed by atoms with Gasteiger partial charge in [-0.05, 0) is 43.5 Å². The first-order chi connectivity index (χ1) is 9.58. The van der Waals surface area contributed by atoms with Crippen molar-refractivity contribution in [1.82, 2.24) is 4.90 Å². The maximum atomic E-state index is 12.0. The van der Waals surface area contributed by atoms with Gasteiger partial charge in [0, 0.05) is 30.9 Å². The number of nitrogens with one attached hydrogen (secondary N) is 1. The molecule has 1 aliphatic rings. The Hall–Kier alpha value is -1.55. The molecule has 4 nitrogen and oxygen atoms in total. The molecule has 0 aromatic heterocycles. The van der Waals surface area contributed by atoms with Gasteiger partial charge in [-0.1, -0.05) is 19.4 Å². The van der Waals surface area contributed by atoms with E-state index in [1.165, 1.54) is 12.8 Å². The Morgan fingerprint density at radius 2 is 2.30 bits per heavy atom. The van der Waals surface area contributed by atoms with Crippen LogP contribution in [0, 0.1) is 12.8 Å². The highest BCUT2D eigenvalue weighted by Crippen LogP contribution is 2.20. The highest BCUT2D eigenvalue weighted by Gasteiger charge is 2.21. The zero-order chi connectivity index (χ0) is 14.5. The molecule has 3 N–H and O–H groups in total. The van der Waals surface area contributed by atoms with E-state index in [0.29, 0.717) is 12.1 Å². The lowest BCUT2D eigenvalue weighted by atomic mass is 10.1. The van der Waals surface area contributed by atoms with Crippen molar-refractivity contribution in [2.24, 2.45) is 5.92 Å². The second-order valence-corrected chi connectivity index (χ2v) is 5.74. The van der Waals surface area contributed by atoms with Gasteiger partial charge in [-0.3, -0.25) is 4.79 Å². The monoisotopic (exact) mass is 275 g/mol. The summed E-state index contributed by atoms with van der Waals surface area (Å²) < 4.78 is 0. The number of nitrogens with zero attached hydrogens (tertiary/aromatic N) is 1. The van der Waals surface area contributed by atoms with Gasteiger partial charge in [-0.15, -0.1) is 0 Å². The van der Waals surface area contributed by atoms with Crippen molar-refractivity contribution < 1.29 is 4.79 Å². The van der Waals surface area contributed by atoms with Gasteiger partial charge in [0.1, 0.15) is 0 Å². The Kier molecular flexibility index (Phi) is 5.01. The van der Waals surface area contributed by atoms with Crippen molar-refractivity contribution in [3.8, 4) is 0 Å². The second-order valence-electron chi connectivity index (χ2n) is 5.74. The number of hydrogen-bond acceptors (Lipinski definition) is 3. The summed E-state index contributed by atoms with van der Waals surface area (Å²) in [4.78, 5) is 14.4. The topological polar surface area (TPSA) is 58.4 Å². The predicted molar refractivity (Wildman–Crippen MR) is 83.7 cm³/mol. The molecule has 1 heterocycles. The predicted octanol–water partition coefficient (Wildman–Crippen LogP) is 2.64. The summed E-state index contributed by atoms with van der Waals surface area (Å²) in [6.07, 6.45) is 3.06. The number of carbonyl (C=O) groups is 1. The van der Waals surface area contributed by atoms with E-state index in [1.807, 2.05) is 25.1 Å². The quantitative estimate of drug-likeness (QED) is 0.812. The van der Waals surface area contributed by atoms with Crippen LogP contribution in [-0.4, -0.2) is 30.4 Å². The summed E-state index contributed by atoms with van der Waals surface area (Å²) >= 11 is 0. The summed E-state index contributed by atoms with van der Waals surface area (Å²) in [5.41, 5.74) is 8.29. The van der Waals surface area contributed by atoms with E-state index in [2.05, 4.69) is 17.1 Å². The summed E-state index contributed by atoms with van der Waals surface area (Å²) in [6.45, 7) is 7.33. The van der Waals surface area contributed by atoms with Crippen LogP contribution in [0.15, 0.2) is 18.2 Å². The van der Waals surface area contributed by atoms with Gasteiger partial charge in [0.2, 0.25) is 5.91 Å². The molecule has 1 saturated heterocycles. The third-order valence-corrected chi connectivity index (χ3v) is 4.14. The van der Waals surface area contributed by atoms with Gasteiger partial charge in [0.25, 0.3) is 0 Å². The molecule has 110 valence electrons. The van der Waals surface area contributed by atoms with Crippen LogP contribution >= 0.6 is 0 Å². The lowest BCUT2D eigenvalue weighted by molar-refractivity contribution is -0.116. The third-order valence-electron chi connectivity index (χ3n) is 4.14. The fourth-order valence-corrected chi connectivity index (χ4v) is 2.70. The summed E-state index contributed by atoms with van der Waals surface area (Å²) in [5.74, 6) is 0.882. The van der Waals surface area contributed by atoms with E-state index < -0.39 is 0 Å². The number of likely N-dealkylation sites (tertiary alicyclic amines) is 1. The number of carbonyl (C=O) groups excluding carboxylic acids is 1. The van der Waals surface area contributed by atoms with Gasteiger partial charge < -0.3 is 16.0 Å². The lowest BCUT2D eigenvalue weighted by Gasteiger charge is -2.15. The molecule has 0 bridgehead atoms. The number of aryl methyl sites for hydroxylation is 1. The molecular weight excluding hydrogens is 250 g/mol. The van der Waals surface area contributed by atoms with Gasteiger partial charge >= 0.3 is 0 Å². The largest absolute Gasteiger partial charge is 0.399 e. The Balaban J connectivity index is 1.79. The molecular formula is C16H25N3O. The van der Waals surface area contributed by atoms with Crippen LogP contribution in [0.3, 0.4) is 0 Å². The number of nitrogen functional groups attached to an aromatic ring is 1. The van der Waals surface area contributed by atoms with Gasteiger partial charge in [-0.2, -0.15) is 0 Å². The highest BCUT2D eigenvalue weighted by molar-refractivity contribution is 5.92. The molecule has 1 atom stereocenters. The minimum absolute atomic E-state index is 0.0682. The molecule has 1 amide bonds. The minimum atomic E-state index is 0.0682. The van der Waals surface area contributed by atoms with Crippen LogP contribution in [0.1, 0.15) is 31.7 Å². The van der Waals surface area contributed by atoms with Crippen LogP contribution in [0.4, 0.5) is 11.4 Å². The number of anilines is 2. The normalized spacial score (nSPS) is 19.2. The fraction of sp³-hybridized carbons (Fsp3) is 0.562. The average Bonchev–Trinajstić information content (AvgIpc) is 2.89. The Bertz CT molecular complexity index is 473. The molecule has 1 aromatic carbocycles. The molecule has 20 heavy (non-hydrogen) atoms. The van der Waals surface area contributed by atoms with Crippen LogP contribution in [0.2, 0.25) is 0 Å². The van der Waals surface area contributed by atoms with Crippen LogP contribution < -0.4 is 11.1 Å². The van der Waals surface area contributed by atoms with Crippen molar-refractivity contribution in [2.75, 3.05) is 30.7 Å². The summed E-state index contributed by atoms with van der Waals surface area (Å²) in [6, 6.07) is 5.59. The first-order valence-corrected chi connectivity index (χ1v) is 7.46. The van der Waals surface area contributed by atoms with Gasteiger partial charge in [-0.25, -0.2) is 0 Å². The molecule has 2 rings (SSSR count). The number of benzene rings is 1. The maximum Gasteiger partial charge on any atom is 0.225 e. The van der Waals surface area contributed by atoms with Crippen LogP contribution in [0.5, 0.6) is 0 Å². The first kappa shape index (κ1) is 14.9. The summed E-state index contributed by atoms with van der Waals surface area (Å²) in [5, 5.41) is 2.95. The van der Waals surface area contributed by atoms with Crippen LogP contribution in [0.25, 0.3) is 0 Å². The highest BCUT2D eigenvalue weighted by atomic mass is 16.1. The van der Waals surface area contributed by atoms with Gasteiger partial charge in [0.05, 0.1) is 0 Å². The number of rotatable bonds is 5. The number of hydrogen-bond donors (Lipinski definition) is 2.